The number of nitrogens with one attached hydrogen (secondary N) is 1. The number of halogens is 5. The van der Waals surface area contributed by atoms with E-state index in [0.717, 1.165) is 6.07 Å². The Hall–Kier alpha value is -1.71. The van der Waals surface area contributed by atoms with Crippen LogP contribution in [0, 0.1) is 6.92 Å². The number of ether oxygens (including phenoxy) is 1. The quantitative estimate of drug-likeness (QED) is 0.495. The fourth-order valence-corrected chi connectivity index (χ4v) is 0.935. The number of hydrazine groups is 1. The molecule has 0 spiro atoms. The van der Waals surface area contributed by atoms with Gasteiger partial charge in [0.25, 0.3) is 0 Å². The summed E-state index contributed by atoms with van der Waals surface area (Å²) in [6, 6.07) is 0.999. The van der Waals surface area contributed by atoms with Crippen LogP contribution in [0.3, 0.4) is 0 Å². The summed E-state index contributed by atoms with van der Waals surface area (Å²) in [6.07, 6.45) is -5.68. The standard InChI is InChI=1S/C8H9F5N4O/c1-4-15-5(17-14)2-6(16-4)18-3-7(9,10)8(11,12)13/h2H,3,14H2,1H3,(H,15,16,17). The Labute approximate surface area is 98.1 Å². The van der Waals surface area contributed by atoms with Crippen molar-refractivity contribution in [2.75, 3.05) is 12.0 Å². The van der Waals surface area contributed by atoms with E-state index in [-0.39, 0.29) is 11.6 Å². The molecule has 0 radical (unpaired) electrons. The van der Waals surface area contributed by atoms with Crippen LogP contribution in [0.5, 0.6) is 5.88 Å². The number of nitrogens with two attached hydrogens (primary N) is 1. The predicted octanol–water partition coefficient (Wildman–Crippen LogP) is 1.65. The molecule has 0 saturated heterocycles. The van der Waals surface area contributed by atoms with E-state index in [4.69, 9.17) is 5.84 Å². The van der Waals surface area contributed by atoms with Gasteiger partial charge in [0, 0.05) is 6.07 Å². The molecule has 0 bridgehead atoms. The van der Waals surface area contributed by atoms with Crippen molar-refractivity contribution >= 4 is 5.82 Å². The second-order valence-corrected chi connectivity index (χ2v) is 3.27. The summed E-state index contributed by atoms with van der Waals surface area (Å²) in [5, 5.41) is 0. The maximum absolute atomic E-state index is 12.6. The number of rotatable bonds is 4. The zero-order valence-corrected chi connectivity index (χ0v) is 9.05. The first-order valence-corrected chi connectivity index (χ1v) is 4.55. The Morgan fingerprint density at radius 2 is 1.89 bits per heavy atom. The highest BCUT2D eigenvalue weighted by Crippen LogP contribution is 2.35. The zero-order valence-electron chi connectivity index (χ0n) is 9.05. The molecule has 0 amide bonds. The minimum atomic E-state index is -5.68. The Bertz CT molecular complexity index is 422. The Morgan fingerprint density at radius 3 is 2.39 bits per heavy atom. The molecule has 0 unspecified atom stereocenters. The van der Waals surface area contributed by atoms with Crippen LogP contribution in [-0.4, -0.2) is 28.7 Å². The normalized spacial score (nSPS) is 12.4. The van der Waals surface area contributed by atoms with Gasteiger partial charge in [0.05, 0.1) is 0 Å². The van der Waals surface area contributed by atoms with Crippen molar-refractivity contribution in [1.29, 1.82) is 0 Å². The van der Waals surface area contributed by atoms with Crippen LogP contribution in [0.2, 0.25) is 0 Å². The summed E-state index contributed by atoms with van der Waals surface area (Å²) in [6.45, 7) is -0.466. The molecule has 10 heteroatoms. The van der Waals surface area contributed by atoms with Gasteiger partial charge in [-0.1, -0.05) is 0 Å². The second-order valence-electron chi connectivity index (χ2n) is 3.27. The van der Waals surface area contributed by atoms with Crippen molar-refractivity contribution in [3.8, 4) is 5.88 Å². The fraction of sp³-hybridized carbons (Fsp3) is 0.500. The van der Waals surface area contributed by atoms with Gasteiger partial charge in [-0.05, 0) is 6.92 Å². The highest BCUT2D eigenvalue weighted by molar-refractivity contribution is 5.36. The average Bonchev–Trinajstić information content (AvgIpc) is 2.24. The van der Waals surface area contributed by atoms with Crippen molar-refractivity contribution in [2.45, 2.75) is 19.0 Å². The average molecular weight is 272 g/mol. The van der Waals surface area contributed by atoms with Crippen LogP contribution in [-0.2, 0) is 0 Å². The monoisotopic (exact) mass is 272 g/mol. The first kappa shape index (κ1) is 14.4. The van der Waals surface area contributed by atoms with Gasteiger partial charge in [0.2, 0.25) is 5.88 Å². The van der Waals surface area contributed by atoms with E-state index in [1.165, 1.54) is 6.92 Å². The molecule has 1 aromatic heterocycles. The third kappa shape index (κ3) is 3.39. The van der Waals surface area contributed by atoms with Crippen LogP contribution in [0.15, 0.2) is 6.07 Å². The highest BCUT2D eigenvalue weighted by Gasteiger charge is 2.58. The summed E-state index contributed by atoms with van der Waals surface area (Å²) in [5.41, 5.74) is 2.09. The van der Waals surface area contributed by atoms with Crippen LogP contribution >= 0.6 is 0 Å². The Balaban J connectivity index is 2.78. The smallest absolute Gasteiger partial charge is 0.456 e. The molecule has 0 aliphatic rings. The van der Waals surface area contributed by atoms with Gasteiger partial charge < -0.3 is 10.2 Å². The van der Waals surface area contributed by atoms with Crippen LogP contribution in [0.4, 0.5) is 27.8 Å². The van der Waals surface area contributed by atoms with Gasteiger partial charge >= 0.3 is 12.1 Å². The lowest BCUT2D eigenvalue weighted by atomic mass is 10.3. The van der Waals surface area contributed by atoms with Gasteiger partial charge in [-0.2, -0.15) is 26.9 Å². The summed E-state index contributed by atoms with van der Waals surface area (Å²) in [4.78, 5) is 7.25. The van der Waals surface area contributed by atoms with Crippen LogP contribution < -0.4 is 16.0 Å². The minimum absolute atomic E-state index is 0.0350. The van der Waals surface area contributed by atoms with E-state index < -0.39 is 24.6 Å². The molecule has 0 fully saturated rings. The van der Waals surface area contributed by atoms with Crippen molar-refractivity contribution < 1.29 is 26.7 Å². The molecule has 1 rings (SSSR count). The summed E-state index contributed by atoms with van der Waals surface area (Å²) >= 11 is 0. The fourth-order valence-electron chi connectivity index (χ4n) is 0.935. The number of aromatic nitrogens is 2. The Morgan fingerprint density at radius 1 is 1.28 bits per heavy atom. The molecule has 18 heavy (non-hydrogen) atoms. The SMILES string of the molecule is Cc1nc(NN)cc(OCC(F)(F)C(F)(F)F)n1. The summed E-state index contributed by atoms with van der Waals surface area (Å²) in [5.74, 6) is -0.230. The molecule has 5 nitrogen and oxygen atoms in total. The van der Waals surface area contributed by atoms with Crippen molar-refractivity contribution in [3.63, 3.8) is 0 Å². The number of anilines is 1. The molecule has 1 heterocycles. The lowest BCUT2D eigenvalue weighted by Gasteiger charge is -2.19. The van der Waals surface area contributed by atoms with Gasteiger partial charge in [-0.25, -0.2) is 10.8 Å². The first-order valence-electron chi connectivity index (χ1n) is 4.55. The molecule has 0 aromatic carbocycles. The Kier molecular flexibility index (Phi) is 3.89. The lowest BCUT2D eigenvalue weighted by molar-refractivity contribution is -0.290. The second kappa shape index (κ2) is 4.88. The largest absolute Gasteiger partial charge is 0.471 e. The number of alkyl halides is 5. The number of nitrogens with zero attached hydrogens (tertiary/aromatic N) is 2. The highest BCUT2D eigenvalue weighted by atomic mass is 19.4. The van der Waals surface area contributed by atoms with Crippen molar-refractivity contribution in [3.05, 3.63) is 11.9 Å². The van der Waals surface area contributed by atoms with Gasteiger partial charge in [0.15, 0.2) is 6.61 Å². The topological polar surface area (TPSA) is 73.1 Å². The van der Waals surface area contributed by atoms with E-state index in [0.29, 0.717) is 0 Å². The molecule has 0 aliphatic carbocycles. The minimum Gasteiger partial charge on any atom is -0.471 e. The van der Waals surface area contributed by atoms with E-state index in [2.05, 4.69) is 20.1 Å². The summed E-state index contributed by atoms with van der Waals surface area (Å²) < 4.78 is 65.0. The zero-order chi connectivity index (χ0) is 14.0. The molecular weight excluding hydrogens is 263 g/mol. The molecular formula is C8H9F5N4O. The van der Waals surface area contributed by atoms with E-state index in [1.54, 1.807) is 0 Å². The van der Waals surface area contributed by atoms with Gasteiger partial charge in [0.1, 0.15) is 11.6 Å². The lowest BCUT2D eigenvalue weighted by Crippen LogP contribution is -2.41. The first-order chi connectivity index (χ1) is 8.15. The van der Waals surface area contributed by atoms with Crippen molar-refractivity contribution in [1.82, 2.24) is 9.97 Å². The molecule has 102 valence electrons. The van der Waals surface area contributed by atoms with Gasteiger partial charge in [-0.3, -0.25) is 0 Å². The molecule has 0 atom stereocenters. The maximum Gasteiger partial charge on any atom is 0.456 e. The van der Waals surface area contributed by atoms with Gasteiger partial charge in [-0.15, -0.1) is 0 Å². The van der Waals surface area contributed by atoms with Crippen LogP contribution in [0.25, 0.3) is 0 Å². The van der Waals surface area contributed by atoms with Crippen molar-refractivity contribution in [2.24, 2.45) is 5.84 Å². The third-order valence-corrected chi connectivity index (χ3v) is 1.78. The molecule has 0 aliphatic heterocycles. The predicted molar refractivity (Wildman–Crippen MR) is 51.1 cm³/mol. The van der Waals surface area contributed by atoms with E-state index in [9.17, 15) is 22.0 Å². The van der Waals surface area contributed by atoms with E-state index in [1.807, 2.05) is 0 Å². The third-order valence-electron chi connectivity index (χ3n) is 1.78. The molecule has 0 saturated carbocycles. The number of aryl methyl sites for hydroxylation is 1. The maximum atomic E-state index is 12.6. The number of hydrogen-bond acceptors (Lipinski definition) is 5. The summed E-state index contributed by atoms with van der Waals surface area (Å²) in [7, 11) is 0. The number of hydrogen-bond donors (Lipinski definition) is 2. The van der Waals surface area contributed by atoms with E-state index >= 15 is 0 Å². The molecule has 3 N–H and O–H groups in total. The van der Waals surface area contributed by atoms with Crippen LogP contribution in [0.1, 0.15) is 5.82 Å². The number of nitrogen functional groups attached to an aromatic ring is 1. The molecule has 1 aromatic rings.